The van der Waals surface area contributed by atoms with Gasteiger partial charge < -0.3 is 5.11 Å². The number of hydrogen-bond donors (Lipinski definition) is 1. The largest absolute Gasteiger partial charge is 0.481 e. The topological polar surface area (TPSA) is 57.6 Å². The lowest BCUT2D eigenvalue weighted by atomic mass is 10.1. The van der Waals surface area contributed by atoms with Crippen LogP contribution in [0.15, 0.2) is 29.2 Å². The molecule has 1 heterocycles. The van der Waals surface area contributed by atoms with Crippen LogP contribution in [0, 0.1) is 0 Å². The van der Waals surface area contributed by atoms with Crippen LogP contribution in [0.5, 0.6) is 0 Å². The van der Waals surface area contributed by atoms with E-state index in [-0.39, 0.29) is 12.3 Å². The summed E-state index contributed by atoms with van der Waals surface area (Å²) in [5.74, 6) is -0.833. The Hall–Kier alpha value is -1.66. The smallest absolute Gasteiger partial charge is 0.303 e. The number of carbonyl (C=O) groups excluding carboxylic acids is 1. The highest BCUT2D eigenvalue weighted by molar-refractivity contribution is 8.26. The molecule has 1 aliphatic rings. The van der Waals surface area contributed by atoms with E-state index < -0.39 is 5.97 Å². The van der Waals surface area contributed by atoms with Crippen LogP contribution in [0.1, 0.15) is 43.7 Å². The Balaban J connectivity index is 1.92. The van der Waals surface area contributed by atoms with Gasteiger partial charge in [-0.3, -0.25) is 14.5 Å². The highest BCUT2D eigenvalue weighted by Gasteiger charge is 2.31. The van der Waals surface area contributed by atoms with Crippen LogP contribution in [-0.2, 0) is 16.0 Å². The fourth-order valence-electron chi connectivity index (χ4n) is 2.42. The van der Waals surface area contributed by atoms with E-state index in [0.717, 1.165) is 24.8 Å². The highest BCUT2D eigenvalue weighted by Crippen LogP contribution is 2.32. The molecule has 0 saturated carbocycles. The van der Waals surface area contributed by atoms with Gasteiger partial charge in [0.2, 0.25) is 0 Å². The summed E-state index contributed by atoms with van der Waals surface area (Å²) in [5, 5.41) is 8.62. The van der Waals surface area contributed by atoms with Gasteiger partial charge in [-0.05, 0) is 36.5 Å². The summed E-state index contributed by atoms with van der Waals surface area (Å²) in [4.78, 5) is 25.2. The number of rotatable bonds is 8. The third kappa shape index (κ3) is 5.18. The Morgan fingerprint density at radius 2 is 1.96 bits per heavy atom. The summed E-state index contributed by atoms with van der Waals surface area (Å²) < 4.78 is 0.578. The lowest BCUT2D eigenvalue weighted by Gasteiger charge is -2.13. The molecule has 1 aromatic rings. The summed E-state index contributed by atoms with van der Waals surface area (Å²) in [5.41, 5.74) is 2.26. The number of thiocarbonyl (C=S) groups is 1. The third-order valence-corrected chi connectivity index (χ3v) is 5.21. The molecule has 0 radical (unpaired) electrons. The Morgan fingerprint density at radius 3 is 2.58 bits per heavy atom. The van der Waals surface area contributed by atoms with Gasteiger partial charge in [-0.15, -0.1) is 0 Å². The van der Waals surface area contributed by atoms with Crippen molar-refractivity contribution >= 4 is 46.3 Å². The van der Waals surface area contributed by atoms with Crippen molar-refractivity contribution in [3.8, 4) is 0 Å². The maximum Gasteiger partial charge on any atom is 0.303 e. The van der Waals surface area contributed by atoms with Gasteiger partial charge in [-0.25, -0.2) is 0 Å². The zero-order valence-electron chi connectivity index (χ0n) is 13.7. The van der Waals surface area contributed by atoms with Gasteiger partial charge in [0.25, 0.3) is 5.91 Å². The molecule has 0 atom stereocenters. The van der Waals surface area contributed by atoms with Crippen LogP contribution in [0.25, 0.3) is 6.08 Å². The third-order valence-electron chi connectivity index (χ3n) is 3.83. The molecule has 128 valence electrons. The highest BCUT2D eigenvalue weighted by atomic mass is 32.2. The number of amides is 1. The molecule has 2 rings (SSSR count). The van der Waals surface area contributed by atoms with Crippen molar-refractivity contribution in [2.45, 2.75) is 39.0 Å². The first-order chi connectivity index (χ1) is 11.5. The summed E-state index contributed by atoms with van der Waals surface area (Å²) in [6, 6.07) is 8.15. The molecule has 24 heavy (non-hydrogen) atoms. The number of hydrogen-bond acceptors (Lipinski definition) is 4. The van der Waals surface area contributed by atoms with E-state index in [1.165, 1.54) is 17.3 Å². The molecule has 1 fully saturated rings. The normalized spacial score (nSPS) is 16.2. The number of aryl methyl sites for hydroxylation is 1. The molecule has 1 amide bonds. The predicted molar refractivity (Wildman–Crippen MR) is 102 cm³/mol. The SMILES string of the molecule is CCc1ccc(/C=C2/SC(=S)N(CCCCCC(=O)O)C2=O)cc1. The molecule has 1 aliphatic heterocycles. The average molecular weight is 364 g/mol. The Labute approximate surface area is 151 Å². The van der Waals surface area contributed by atoms with Crippen molar-refractivity contribution in [2.24, 2.45) is 0 Å². The number of carboxylic acid groups (broad SMARTS) is 1. The number of aliphatic carboxylic acids is 1. The van der Waals surface area contributed by atoms with Gasteiger partial charge in [0.1, 0.15) is 4.32 Å². The van der Waals surface area contributed by atoms with Crippen molar-refractivity contribution in [3.63, 3.8) is 0 Å². The molecule has 4 nitrogen and oxygen atoms in total. The number of carbonyl (C=O) groups is 2. The lowest BCUT2D eigenvalue weighted by molar-refractivity contribution is -0.137. The fraction of sp³-hybridized carbons (Fsp3) is 0.389. The van der Waals surface area contributed by atoms with E-state index in [9.17, 15) is 9.59 Å². The molecule has 6 heteroatoms. The minimum atomic E-state index is -0.780. The van der Waals surface area contributed by atoms with Gasteiger partial charge in [0, 0.05) is 13.0 Å². The van der Waals surface area contributed by atoms with Crippen molar-refractivity contribution < 1.29 is 14.7 Å². The first-order valence-corrected chi connectivity index (χ1v) is 9.30. The van der Waals surface area contributed by atoms with E-state index in [4.69, 9.17) is 17.3 Å². The summed E-state index contributed by atoms with van der Waals surface area (Å²) >= 11 is 6.63. The van der Waals surface area contributed by atoms with Gasteiger partial charge >= 0.3 is 5.97 Å². The second-order valence-electron chi connectivity index (χ2n) is 5.63. The number of nitrogens with zero attached hydrogens (tertiary/aromatic N) is 1. The van der Waals surface area contributed by atoms with Crippen LogP contribution in [0.2, 0.25) is 0 Å². The maximum atomic E-state index is 12.5. The molecule has 1 saturated heterocycles. The van der Waals surface area contributed by atoms with Gasteiger partial charge in [-0.1, -0.05) is 61.6 Å². The van der Waals surface area contributed by atoms with Crippen LogP contribution in [0.3, 0.4) is 0 Å². The Morgan fingerprint density at radius 1 is 1.25 bits per heavy atom. The molecule has 1 aromatic carbocycles. The summed E-state index contributed by atoms with van der Waals surface area (Å²) in [7, 11) is 0. The van der Waals surface area contributed by atoms with Crippen LogP contribution in [-0.4, -0.2) is 32.7 Å². The van der Waals surface area contributed by atoms with Crippen molar-refractivity contribution in [1.82, 2.24) is 4.90 Å². The quantitative estimate of drug-likeness (QED) is 0.428. The fourth-order valence-corrected chi connectivity index (χ4v) is 3.73. The molecule has 0 aliphatic carbocycles. The summed E-state index contributed by atoms with van der Waals surface area (Å²) in [6.07, 6.45) is 5.21. The molecule has 0 unspecified atom stereocenters. The van der Waals surface area contributed by atoms with Gasteiger partial charge in [0.05, 0.1) is 4.91 Å². The second-order valence-corrected chi connectivity index (χ2v) is 7.31. The number of benzene rings is 1. The predicted octanol–water partition coefficient (Wildman–Crippen LogP) is 4.10. The first kappa shape index (κ1) is 18.7. The van der Waals surface area contributed by atoms with Crippen LogP contribution < -0.4 is 0 Å². The van der Waals surface area contributed by atoms with Crippen molar-refractivity contribution in [3.05, 3.63) is 40.3 Å². The van der Waals surface area contributed by atoms with E-state index >= 15 is 0 Å². The van der Waals surface area contributed by atoms with E-state index in [0.29, 0.717) is 22.2 Å². The second kappa shape index (κ2) is 8.99. The molecular formula is C18H21NO3S2. The van der Waals surface area contributed by atoms with Gasteiger partial charge in [0.15, 0.2) is 0 Å². The molecule has 0 aromatic heterocycles. The number of thioether (sulfide) groups is 1. The Kier molecular flexibility index (Phi) is 6.99. The zero-order valence-corrected chi connectivity index (χ0v) is 15.3. The minimum absolute atomic E-state index is 0.0530. The van der Waals surface area contributed by atoms with E-state index in [1.807, 2.05) is 18.2 Å². The van der Waals surface area contributed by atoms with Crippen molar-refractivity contribution in [2.75, 3.05) is 6.54 Å². The van der Waals surface area contributed by atoms with E-state index in [2.05, 4.69) is 19.1 Å². The van der Waals surface area contributed by atoms with Crippen LogP contribution >= 0.6 is 24.0 Å². The minimum Gasteiger partial charge on any atom is -0.481 e. The lowest BCUT2D eigenvalue weighted by Crippen LogP contribution is -2.29. The number of carboxylic acids is 1. The standard InChI is InChI=1S/C18H21NO3S2/c1-2-13-7-9-14(10-8-13)12-15-17(22)19(18(23)24-15)11-5-3-4-6-16(20)21/h7-10,12H,2-6,11H2,1H3,(H,20,21)/b15-12+. The van der Waals surface area contributed by atoms with Crippen LogP contribution in [0.4, 0.5) is 0 Å². The first-order valence-electron chi connectivity index (χ1n) is 8.07. The van der Waals surface area contributed by atoms with Crippen molar-refractivity contribution in [1.29, 1.82) is 0 Å². The summed E-state index contributed by atoms with van der Waals surface area (Å²) in [6.45, 7) is 2.66. The number of unbranched alkanes of at least 4 members (excludes halogenated alkanes) is 2. The monoisotopic (exact) mass is 363 g/mol. The average Bonchev–Trinajstić information content (AvgIpc) is 2.82. The van der Waals surface area contributed by atoms with Gasteiger partial charge in [-0.2, -0.15) is 0 Å². The Bertz CT molecular complexity index is 653. The zero-order chi connectivity index (χ0) is 17.5. The molecule has 0 bridgehead atoms. The van der Waals surface area contributed by atoms with E-state index in [1.54, 1.807) is 4.90 Å². The molecule has 0 spiro atoms. The maximum absolute atomic E-state index is 12.5. The molecule has 1 N–H and O–H groups in total. The molecular weight excluding hydrogens is 342 g/mol.